The summed E-state index contributed by atoms with van der Waals surface area (Å²) in [7, 11) is -3.40. The molecule has 1 rings (SSSR count). The lowest BCUT2D eigenvalue weighted by molar-refractivity contribution is 0.0911. The zero-order chi connectivity index (χ0) is 12.9. The van der Waals surface area contributed by atoms with E-state index in [2.05, 4.69) is 25.3 Å². The quantitative estimate of drug-likeness (QED) is 0.693. The predicted molar refractivity (Wildman–Crippen MR) is 60.6 cm³/mol. The number of aromatic nitrogens is 4. The van der Waals surface area contributed by atoms with E-state index in [9.17, 15) is 8.42 Å². The molecule has 1 heterocycles. The van der Waals surface area contributed by atoms with Crippen LogP contribution in [0.15, 0.2) is 0 Å². The van der Waals surface area contributed by atoms with Crippen LogP contribution in [-0.4, -0.2) is 47.5 Å². The summed E-state index contributed by atoms with van der Waals surface area (Å²) >= 11 is 0. The number of hydrogen-bond acceptors (Lipinski definition) is 6. The number of sulfonamides is 1. The molecule has 0 aliphatic carbocycles. The van der Waals surface area contributed by atoms with Gasteiger partial charge in [0.05, 0.1) is 24.5 Å². The van der Waals surface area contributed by atoms with Gasteiger partial charge in [-0.05, 0) is 20.8 Å². The minimum atomic E-state index is -3.40. The van der Waals surface area contributed by atoms with E-state index in [1.54, 1.807) is 6.92 Å². The van der Waals surface area contributed by atoms with Gasteiger partial charge in [-0.2, -0.15) is 5.21 Å². The Kier molecular flexibility index (Phi) is 4.97. The van der Waals surface area contributed by atoms with Gasteiger partial charge < -0.3 is 4.74 Å². The Balaban J connectivity index is 2.44. The van der Waals surface area contributed by atoms with Crippen LogP contribution in [-0.2, 0) is 14.8 Å². The van der Waals surface area contributed by atoms with Crippen molar-refractivity contribution in [1.82, 2.24) is 25.3 Å². The second-order valence-electron chi connectivity index (χ2n) is 3.85. The fourth-order valence-electron chi connectivity index (χ4n) is 1.13. The van der Waals surface area contributed by atoms with Gasteiger partial charge in [-0.3, -0.25) is 0 Å². The second-order valence-corrected chi connectivity index (χ2v) is 5.72. The molecule has 0 bridgehead atoms. The van der Waals surface area contributed by atoms with Gasteiger partial charge in [-0.15, -0.1) is 10.2 Å². The van der Waals surface area contributed by atoms with Gasteiger partial charge in [-0.25, -0.2) is 13.1 Å². The van der Waals surface area contributed by atoms with Crippen molar-refractivity contribution in [3.63, 3.8) is 0 Å². The van der Waals surface area contributed by atoms with E-state index < -0.39 is 16.1 Å². The topological polar surface area (TPSA) is 110 Å². The highest BCUT2D eigenvalue weighted by Crippen LogP contribution is 2.05. The van der Waals surface area contributed by atoms with Crippen molar-refractivity contribution < 1.29 is 13.2 Å². The van der Waals surface area contributed by atoms with E-state index in [0.717, 1.165) is 0 Å². The molecular formula is C8H17N5O3S. The number of nitrogens with zero attached hydrogens (tertiary/aromatic N) is 3. The summed E-state index contributed by atoms with van der Waals surface area (Å²) in [5, 5.41) is 13.0. The monoisotopic (exact) mass is 263 g/mol. The molecule has 9 heteroatoms. The van der Waals surface area contributed by atoms with E-state index in [1.807, 2.05) is 13.8 Å². The number of H-pyrrole nitrogens is 1. The number of tetrazole rings is 1. The van der Waals surface area contributed by atoms with Crippen LogP contribution >= 0.6 is 0 Å². The van der Waals surface area contributed by atoms with Crippen LogP contribution in [0.4, 0.5) is 0 Å². The van der Waals surface area contributed by atoms with Crippen LogP contribution < -0.4 is 4.72 Å². The molecule has 0 saturated carbocycles. The lowest BCUT2D eigenvalue weighted by Crippen LogP contribution is -2.31. The maximum Gasteiger partial charge on any atom is 0.214 e. The van der Waals surface area contributed by atoms with Crippen molar-refractivity contribution >= 4 is 10.0 Å². The Morgan fingerprint density at radius 2 is 2.12 bits per heavy atom. The van der Waals surface area contributed by atoms with Crippen molar-refractivity contribution in [2.75, 3.05) is 12.4 Å². The van der Waals surface area contributed by atoms with Crippen LogP contribution in [0.1, 0.15) is 32.6 Å². The van der Waals surface area contributed by atoms with E-state index in [4.69, 9.17) is 4.74 Å². The third-order valence-corrected chi connectivity index (χ3v) is 3.33. The standard InChI is InChI=1S/C8H17N5O3S/c1-6(2)16-4-5-17(14,15)11-7(3)8-9-12-13-10-8/h6-7,11H,4-5H2,1-3H3,(H,9,10,12,13). The zero-order valence-electron chi connectivity index (χ0n) is 10.0. The highest BCUT2D eigenvalue weighted by molar-refractivity contribution is 7.89. The van der Waals surface area contributed by atoms with Crippen LogP contribution in [0.25, 0.3) is 0 Å². The van der Waals surface area contributed by atoms with E-state index in [1.165, 1.54) is 0 Å². The minimum Gasteiger partial charge on any atom is -0.378 e. The molecule has 98 valence electrons. The lowest BCUT2D eigenvalue weighted by Gasteiger charge is -2.11. The molecule has 0 amide bonds. The average Bonchev–Trinajstić information content (AvgIpc) is 2.68. The largest absolute Gasteiger partial charge is 0.378 e. The van der Waals surface area contributed by atoms with Gasteiger partial charge in [0.25, 0.3) is 0 Å². The van der Waals surface area contributed by atoms with Crippen molar-refractivity contribution in [3.8, 4) is 0 Å². The van der Waals surface area contributed by atoms with E-state index in [0.29, 0.717) is 5.82 Å². The summed E-state index contributed by atoms with van der Waals surface area (Å²) in [4.78, 5) is 0. The van der Waals surface area contributed by atoms with Crippen LogP contribution in [0, 0.1) is 0 Å². The molecule has 1 atom stereocenters. The normalized spacial score (nSPS) is 14.1. The number of rotatable bonds is 7. The highest BCUT2D eigenvalue weighted by Gasteiger charge is 2.18. The summed E-state index contributed by atoms with van der Waals surface area (Å²) in [6, 6.07) is -0.516. The molecule has 2 N–H and O–H groups in total. The summed E-state index contributed by atoms with van der Waals surface area (Å²) < 4.78 is 30.9. The van der Waals surface area contributed by atoms with Gasteiger partial charge in [0, 0.05) is 0 Å². The first-order valence-corrected chi connectivity index (χ1v) is 6.91. The van der Waals surface area contributed by atoms with E-state index >= 15 is 0 Å². The van der Waals surface area contributed by atoms with Crippen molar-refractivity contribution in [2.45, 2.75) is 32.9 Å². The Morgan fingerprint density at radius 1 is 1.41 bits per heavy atom. The maximum absolute atomic E-state index is 11.6. The third kappa shape index (κ3) is 5.20. The van der Waals surface area contributed by atoms with Crippen molar-refractivity contribution in [1.29, 1.82) is 0 Å². The SMILES string of the molecule is CC(C)OCCS(=O)(=O)NC(C)c1nn[nH]n1. The fraction of sp³-hybridized carbons (Fsp3) is 0.875. The minimum absolute atomic E-state index is 0.0137. The van der Waals surface area contributed by atoms with Gasteiger partial charge in [0.15, 0.2) is 5.82 Å². The van der Waals surface area contributed by atoms with Gasteiger partial charge in [0.1, 0.15) is 0 Å². The molecule has 0 spiro atoms. The number of aromatic amines is 1. The predicted octanol–water partition coefficient (Wildman–Crippen LogP) is -0.395. The first-order valence-electron chi connectivity index (χ1n) is 5.25. The Hall–Kier alpha value is -1.06. The molecule has 1 aromatic rings. The number of hydrogen-bond donors (Lipinski definition) is 2. The van der Waals surface area contributed by atoms with Crippen LogP contribution in [0.2, 0.25) is 0 Å². The van der Waals surface area contributed by atoms with Gasteiger partial charge in [-0.1, -0.05) is 5.21 Å². The van der Waals surface area contributed by atoms with Crippen molar-refractivity contribution in [2.24, 2.45) is 0 Å². The first kappa shape index (κ1) is 14.0. The molecule has 0 aromatic carbocycles. The van der Waals surface area contributed by atoms with Gasteiger partial charge in [0.2, 0.25) is 10.0 Å². The average molecular weight is 263 g/mol. The van der Waals surface area contributed by atoms with Crippen molar-refractivity contribution in [3.05, 3.63) is 5.82 Å². The second kappa shape index (κ2) is 6.03. The molecule has 0 saturated heterocycles. The zero-order valence-corrected chi connectivity index (χ0v) is 10.9. The summed E-state index contributed by atoms with van der Waals surface area (Å²) in [5.41, 5.74) is 0. The third-order valence-electron chi connectivity index (χ3n) is 1.91. The summed E-state index contributed by atoms with van der Waals surface area (Å²) in [6.45, 7) is 5.50. The number of nitrogens with one attached hydrogen (secondary N) is 2. The highest BCUT2D eigenvalue weighted by atomic mass is 32.2. The Bertz CT molecular complexity index is 416. The smallest absolute Gasteiger partial charge is 0.214 e. The summed E-state index contributed by atoms with van der Waals surface area (Å²) in [6.07, 6.45) is 0.0137. The Labute approximate surface area is 100 Å². The molecular weight excluding hydrogens is 246 g/mol. The maximum atomic E-state index is 11.6. The van der Waals surface area contributed by atoms with Crippen LogP contribution in [0.5, 0.6) is 0 Å². The molecule has 17 heavy (non-hydrogen) atoms. The molecule has 0 aliphatic rings. The van der Waals surface area contributed by atoms with E-state index in [-0.39, 0.29) is 18.5 Å². The molecule has 1 unspecified atom stereocenters. The lowest BCUT2D eigenvalue weighted by atomic mass is 10.4. The summed E-state index contributed by atoms with van der Waals surface area (Å²) in [5.74, 6) is 0.214. The molecule has 0 aliphatic heterocycles. The first-order chi connectivity index (χ1) is 7.91. The van der Waals surface area contributed by atoms with Crippen LogP contribution in [0.3, 0.4) is 0 Å². The molecule has 0 radical (unpaired) electrons. The number of ether oxygens (including phenoxy) is 1. The molecule has 0 fully saturated rings. The molecule has 1 aromatic heterocycles. The molecule has 8 nitrogen and oxygen atoms in total. The Morgan fingerprint density at radius 3 is 2.65 bits per heavy atom. The van der Waals surface area contributed by atoms with Gasteiger partial charge >= 0.3 is 0 Å². The fourth-order valence-corrected chi connectivity index (χ4v) is 2.21.